The van der Waals surface area contributed by atoms with Gasteiger partial charge in [-0.15, -0.1) is 0 Å². The Bertz CT molecular complexity index is 549. The zero-order chi connectivity index (χ0) is 25.5. The molecule has 1 aliphatic heterocycles. The van der Waals surface area contributed by atoms with Crippen LogP contribution >= 0.6 is 7.82 Å². The van der Waals surface area contributed by atoms with Gasteiger partial charge in [-0.1, -0.05) is 103 Å². The fourth-order valence-corrected chi connectivity index (χ4v) is 5.72. The smallest absolute Gasteiger partial charge is 0.324 e. The molecule has 0 aliphatic carbocycles. The number of hydrogen-bond donors (Lipinski definition) is 1. The van der Waals surface area contributed by atoms with Crippen molar-refractivity contribution in [2.45, 2.75) is 135 Å². The van der Waals surface area contributed by atoms with E-state index in [0.717, 1.165) is 37.0 Å². The summed E-state index contributed by atoms with van der Waals surface area (Å²) in [6.07, 6.45) is 30.5. The van der Waals surface area contributed by atoms with Crippen LogP contribution in [0.15, 0.2) is 12.2 Å². The summed E-state index contributed by atoms with van der Waals surface area (Å²) < 4.78 is 23.2. The van der Waals surface area contributed by atoms with Crippen molar-refractivity contribution in [1.82, 2.24) is 0 Å². The highest BCUT2D eigenvalue weighted by Gasteiger charge is 2.28. The molecule has 0 aromatic rings. The summed E-state index contributed by atoms with van der Waals surface area (Å²) in [7, 11) is -1.70. The van der Waals surface area contributed by atoms with Crippen LogP contribution in [0.5, 0.6) is 0 Å². The minimum Gasteiger partial charge on any atom is -0.324 e. The van der Waals surface area contributed by atoms with E-state index in [2.05, 4.69) is 26.1 Å². The van der Waals surface area contributed by atoms with Crippen LogP contribution in [0.3, 0.4) is 0 Å². The SMILES string of the molecule is CCCCCCCCC=CCCCCCCCCCCCCOP(=O)(O)OCC[N+]1(C)CCCC1. The van der Waals surface area contributed by atoms with Gasteiger partial charge in [-0.05, 0) is 32.1 Å². The lowest BCUT2D eigenvalue weighted by Gasteiger charge is -2.29. The molecule has 1 saturated heterocycles. The summed E-state index contributed by atoms with van der Waals surface area (Å²) in [6, 6.07) is 0. The fourth-order valence-electron chi connectivity index (χ4n) is 4.97. The van der Waals surface area contributed by atoms with Crippen LogP contribution in [0.4, 0.5) is 0 Å². The number of likely N-dealkylation sites (tertiary alicyclic amines) is 1. The first-order valence-corrected chi connectivity index (χ1v) is 16.6. The van der Waals surface area contributed by atoms with E-state index in [9.17, 15) is 9.46 Å². The van der Waals surface area contributed by atoms with E-state index < -0.39 is 7.82 Å². The number of phosphoric acid groups is 1. The van der Waals surface area contributed by atoms with Crippen molar-refractivity contribution in [1.29, 1.82) is 0 Å². The second-order valence-electron chi connectivity index (χ2n) is 11.0. The van der Waals surface area contributed by atoms with Gasteiger partial charge in [0.2, 0.25) is 0 Å². The second kappa shape index (κ2) is 21.9. The number of phosphoric ester groups is 1. The monoisotopic (exact) mass is 516 g/mol. The van der Waals surface area contributed by atoms with Crippen molar-refractivity contribution in [2.75, 3.05) is 39.9 Å². The van der Waals surface area contributed by atoms with E-state index in [4.69, 9.17) is 9.05 Å². The summed E-state index contributed by atoms with van der Waals surface area (Å²) in [4.78, 5) is 9.83. The molecule has 0 radical (unpaired) electrons. The first-order chi connectivity index (χ1) is 17.0. The van der Waals surface area contributed by atoms with E-state index in [-0.39, 0.29) is 0 Å². The van der Waals surface area contributed by atoms with E-state index in [1.807, 2.05) is 0 Å². The van der Waals surface area contributed by atoms with Gasteiger partial charge in [-0.25, -0.2) is 4.57 Å². The van der Waals surface area contributed by atoms with Gasteiger partial charge in [0.25, 0.3) is 0 Å². The molecular formula is C29H59NO4P+. The van der Waals surface area contributed by atoms with Crippen molar-refractivity contribution < 1.29 is 23.0 Å². The maximum Gasteiger partial charge on any atom is 0.472 e. The molecule has 0 spiro atoms. The lowest BCUT2D eigenvalue weighted by atomic mass is 10.1. The van der Waals surface area contributed by atoms with Gasteiger partial charge in [0.15, 0.2) is 0 Å². The highest BCUT2D eigenvalue weighted by atomic mass is 31.2. The number of allylic oxidation sites excluding steroid dienone is 2. The number of hydrogen-bond acceptors (Lipinski definition) is 3. The molecule has 1 heterocycles. The van der Waals surface area contributed by atoms with Gasteiger partial charge in [0.05, 0.1) is 26.7 Å². The number of nitrogens with zero attached hydrogens (tertiary/aromatic N) is 1. The first kappa shape index (κ1) is 32.8. The summed E-state index contributed by atoms with van der Waals surface area (Å²) in [5, 5.41) is 0. The molecule has 0 aromatic carbocycles. The van der Waals surface area contributed by atoms with Gasteiger partial charge in [0, 0.05) is 12.8 Å². The quantitative estimate of drug-likeness (QED) is 0.0569. The predicted octanol–water partition coefficient (Wildman–Crippen LogP) is 8.96. The zero-order valence-electron chi connectivity index (χ0n) is 23.4. The minimum atomic E-state index is -3.89. The van der Waals surface area contributed by atoms with Crippen LogP contribution in [0.2, 0.25) is 0 Å². The Balaban J connectivity index is 1.78. The molecule has 1 unspecified atom stereocenters. The second-order valence-corrected chi connectivity index (χ2v) is 12.4. The van der Waals surface area contributed by atoms with Gasteiger partial charge in [-0.2, -0.15) is 0 Å². The topological polar surface area (TPSA) is 55.8 Å². The third-order valence-corrected chi connectivity index (χ3v) is 8.46. The Morgan fingerprint density at radius 1 is 0.686 bits per heavy atom. The Morgan fingerprint density at radius 3 is 1.63 bits per heavy atom. The molecule has 208 valence electrons. The maximum absolute atomic E-state index is 12.0. The lowest BCUT2D eigenvalue weighted by Crippen LogP contribution is -2.43. The average molecular weight is 517 g/mol. The van der Waals surface area contributed by atoms with Crippen molar-refractivity contribution in [2.24, 2.45) is 0 Å². The summed E-state index contributed by atoms with van der Waals surface area (Å²) in [5.74, 6) is 0. The normalized spacial score (nSPS) is 17.3. The van der Waals surface area contributed by atoms with E-state index in [1.54, 1.807) is 0 Å². The maximum atomic E-state index is 12.0. The Morgan fingerprint density at radius 2 is 1.11 bits per heavy atom. The van der Waals surface area contributed by atoms with Gasteiger partial charge >= 0.3 is 7.82 Å². The Labute approximate surface area is 218 Å². The van der Waals surface area contributed by atoms with E-state index in [1.165, 1.54) is 116 Å². The number of quaternary nitrogens is 1. The van der Waals surface area contributed by atoms with Crippen molar-refractivity contribution in [3.63, 3.8) is 0 Å². The summed E-state index contributed by atoms with van der Waals surface area (Å²) >= 11 is 0. The van der Waals surface area contributed by atoms with Crippen molar-refractivity contribution in [3.05, 3.63) is 12.2 Å². The molecule has 5 nitrogen and oxygen atoms in total. The molecule has 0 amide bonds. The van der Waals surface area contributed by atoms with Gasteiger partial charge < -0.3 is 9.38 Å². The molecule has 0 saturated carbocycles. The third-order valence-electron chi connectivity index (χ3n) is 7.44. The van der Waals surface area contributed by atoms with Crippen LogP contribution in [0.1, 0.15) is 135 Å². The molecule has 1 rings (SSSR count). The Hall–Kier alpha value is -0.190. The van der Waals surface area contributed by atoms with Crippen LogP contribution in [0, 0.1) is 0 Å². The van der Waals surface area contributed by atoms with E-state index in [0.29, 0.717) is 13.2 Å². The average Bonchev–Trinajstić information content (AvgIpc) is 3.26. The third kappa shape index (κ3) is 20.5. The molecule has 1 fully saturated rings. The van der Waals surface area contributed by atoms with Crippen molar-refractivity contribution in [3.8, 4) is 0 Å². The lowest BCUT2D eigenvalue weighted by molar-refractivity contribution is -0.897. The largest absolute Gasteiger partial charge is 0.472 e. The number of unbranched alkanes of at least 4 members (excludes halogenated alkanes) is 16. The summed E-state index contributed by atoms with van der Waals surface area (Å²) in [5.41, 5.74) is 0. The fraction of sp³-hybridized carbons (Fsp3) is 0.931. The standard InChI is InChI=1S/C29H58NO4P/c1-3-4-5-6-7-8-9-10-11-12-13-14-15-16-17-18-19-20-21-24-28-33-35(31,32)34-29-27-30(2)25-22-23-26-30/h10-11H,3-9,12-29H2,1-2H3/p+1. The number of likely N-dealkylation sites (N-methyl/N-ethyl adjacent to an activating group) is 1. The first-order valence-electron chi connectivity index (χ1n) is 15.1. The highest BCUT2D eigenvalue weighted by molar-refractivity contribution is 7.47. The molecule has 1 N–H and O–H groups in total. The molecular weight excluding hydrogens is 457 g/mol. The van der Waals surface area contributed by atoms with Gasteiger partial charge in [0.1, 0.15) is 13.2 Å². The molecule has 0 aromatic heterocycles. The van der Waals surface area contributed by atoms with E-state index >= 15 is 0 Å². The van der Waals surface area contributed by atoms with Crippen LogP contribution in [-0.4, -0.2) is 49.3 Å². The van der Waals surface area contributed by atoms with Crippen LogP contribution in [-0.2, 0) is 13.6 Å². The highest BCUT2D eigenvalue weighted by Crippen LogP contribution is 2.43. The number of rotatable bonds is 25. The molecule has 6 heteroatoms. The molecule has 1 aliphatic rings. The molecule has 0 bridgehead atoms. The van der Waals surface area contributed by atoms with Crippen molar-refractivity contribution >= 4 is 7.82 Å². The van der Waals surface area contributed by atoms with Crippen LogP contribution < -0.4 is 0 Å². The predicted molar refractivity (Wildman–Crippen MR) is 150 cm³/mol. The van der Waals surface area contributed by atoms with Crippen LogP contribution in [0.25, 0.3) is 0 Å². The minimum absolute atomic E-state index is 0.292. The molecule has 1 atom stereocenters. The summed E-state index contributed by atoms with van der Waals surface area (Å²) in [6.45, 7) is 5.93. The molecule has 35 heavy (non-hydrogen) atoms. The zero-order valence-corrected chi connectivity index (χ0v) is 24.3. The Kier molecular flexibility index (Phi) is 20.5. The van der Waals surface area contributed by atoms with Gasteiger partial charge in [-0.3, -0.25) is 9.05 Å².